The van der Waals surface area contributed by atoms with Crippen LogP contribution in [-0.4, -0.2) is 72.3 Å². The Morgan fingerprint density at radius 1 is 1.36 bits per heavy atom. The summed E-state index contributed by atoms with van der Waals surface area (Å²) in [4.78, 5) is 28.2. The molecule has 0 saturated carbocycles. The highest BCUT2D eigenvalue weighted by molar-refractivity contribution is 7.19. The normalized spacial score (nSPS) is 16.2. The monoisotopic (exact) mass is 474 g/mol. The lowest BCUT2D eigenvalue weighted by molar-refractivity contribution is 0.00763. The van der Waals surface area contributed by atoms with Gasteiger partial charge in [-0.2, -0.15) is 0 Å². The number of carbonyl (C=O) groups is 1. The van der Waals surface area contributed by atoms with Crippen molar-refractivity contribution in [2.24, 2.45) is 0 Å². The lowest BCUT2D eigenvalue weighted by Gasteiger charge is -2.24. The minimum Gasteiger partial charge on any atom is -0.486 e. The molecule has 3 heterocycles. The second-order valence-corrected chi connectivity index (χ2v) is 9.01. The van der Waals surface area contributed by atoms with Crippen LogP contribution in [0.1, 0.15) is 29.1 Å². The zero-order valence-corrected chi connectivity index (χ0v) is 19.5. The largest absolute Gasteiger partial charge is 0.486 e. The standard InChI is InChI=1S/C22H27FN6O3S/c1-29(2)9-4-8-24-20(30)22-28-18-19(25-13-26-21(18)33-22)27-16-7-6-14(23)11-17(16)32-15-5-3-10-31-12-15/h6-7,11,13,15H,3-5,8-10,12H2,1-2H3,(H,24,30)(H,25,26,27)/t15-/m1/s1. The van der Waals surface area contributed by atoms with Crippen molar-refractivity contribution < 1.29 is 18.7 Å². The summed E-state index contributed by atoms with van der Waals surface area (Å²) >= 11 is 1.20. The van der Waals surface area contributed by atoms with Crippen LogP contribution in [-0.2, 0) is 4.74 Å². The minimum absolute atomic E-state index is 0.145. The third-order valence-electron chi connectivity index (χ3n) is 5.07. The molecule has 33 heavy (non-hydrogen) atoms. The molecule has 1 fully saturated rings. The zero-order valence-electron chi connectivity index (χ0n) is 18.6. The smallest absolute Gasteiger partial charge is 0.280 e. The quantitative estimate of drug-likeness (QED) is 0.456. The average Bonchev–Trinajstić information content (AvgIpc) is 3.24. The number of rotatable bonds is 9. The van der Waals surface area contributed by atoms with Gasteiger partial charge < -0.3 is 25.0 Å². The fourth-order valence-electron chi connectivity index (χ4n) is 3.42. The van der Waals surface area contributed by atoms with Crippen molar-refractivity contribution in [3.8, 4) is 5.75 Å². The fourth-order valence-corrected chi connectivity index (χ4v) is 4.25. The second kappa shape index (κ2) is 10.8. The number of ether oxygens (including phenoxy) is 2. The summed E-state index contributed by atoms with van der Waals surface area (Å²) in [5.74, 6) is 0.137. The highest BCUT2D eigenvalue weighted by atomic mass is 32.1. The van der Waals surface area contributed by atoms with Gasteiger partial charge in [-0.05, 0) is 52.0 Å². The molecule has 2 N–H and O–H groups in total. The van der Waals surface area contributed by atoms with Gasteiger partial charge in [-0.1, -0.05) is 11.3 Å². The van der Waals surface area contributed by atoms with Gasteiger partial charge in [-0.15, -0.1) is 0 Å². The summed E-state index contributed by atoms with van der Waals surface area (Å²) in [5, 5.41) is 6.37. The van der Waals surface area contributed by atoms with Crippen LogP contribution in [0.15, 0.2) is 24.5 Å². The molecule has 11 heteroatoms. The van der Waals surface area contributed by atoms with Gasteiger partial charge in [0.05, 0.1) is 12.3 Å². The number of aromatic nitrogens is 3. The lowest BCUT2D eigenvalue weighted by Crippen LogP contribution is -2.28. The first-order chi connectivity index (χ1) is 16.0. The van der Waals surface area contributed by atoms with Gasteiger partial charge in [0.15, 0.2) is 10.8 Å². The van der Waals surface area contributed by atoms with Crippen molar-refractivity contribution >= 4 is 39.1 Å². The summed E-state index contributed by atoms with van der Waals surface area (Å²) in [7, 11) is 3.98. The predicted molar refractivity (Wildman–Crippen MR) is 125 cm³/mol. The summed E-state index contributed by atoms with van der Waals surface area (Å²) in [5.41, 5.74) is 1.02. The van der Waals surface area contributed by atoms with E-state index in [9.17, 15) is 9.18 Å². The average molecular weight is 475 g/mol. The number of benzene rings is 1. The number of thiazole rings is 1. The molecule has 1 aromatic carbocycles. The molecule has 1 atom stereocenters. The molecule has 1 aliphatic heterocycles. The van der Waals surface area contributed by atoms with E-state index in [1.54, 1.807) is 6.07 Å². The summed E-state index contributed by atoms with van der Waals surface area (Å²) in [6.45, 7) is 2.62. The van der Waals surface area contributed by atoms with Gasteiger partial charge in [-0.3, -0.25) is 4.79 Å². The van der Waals surface area contributed by atoms with Crippen molar-refractivity contribution in [2.75, 3.05) is 45.7 Å². The Balaban J connectivity index is 1.51. The maximum absolute atomic E-state index is 13.9. The number of fused-ring (bicyclic) bond motifs is 1. The Bertz CT molecular complexity index is 1100. The lowest BCUT2D eigenvalue weighted by atomic mass is 10.1. The molecule has 176 valence electrons. The SMILES string of the molecule is CN(C)CCCNC(=O)c1nc2c(Nc3ccc(F)cc3O[C@@H]3CCCOC3)ncnc2s1. The third kappa shape index (κ3) is 6.12. The molecule has 0 radical (unpaired) electrons. The van der Waals surface area contributed by atoms with Gasteiger partial charge in [0.2, 0.25) is 0 Å². The van der Waals surface area contributed by atoms with E-state index < -0.39 is 5.82 Å². The molecule has 4 rings (SSSR count). The molecule has 2 aromatic heterocycles. The first-order valence-corrected chi connectivity index (χ1v) is 11.7. The van der Waals surface area contributed by atoms with Gasteiger partial charge >= 0.3 is 0 Å². The minimum atomic E-state index is -0.401. The van der Waals surface area contributed by atoms with Crippen LogP contribution in [0.2, 0.25) is 0 Å². The Morgan fingerprint density at radius 3 is 3.03 bits per heavy atom. The number of nitrogens with one attached hydrogen (secondary N) is 2. The Morgan fingerprint density at radius 2 is 2.24 bits per heavy atom. The molecular weight excluding hydrogens is 447 g/mol. The summed E-state index contributed by atoms with van der Waals surface area (Å²) in [6.07, 6.45) is 3.84. The van der Waals surface area contributed by atoms with Gasteiger partial charge in [-0.25, -0.2) is 19.3 Å². The van der Waals surface area contributed by atoms with E-state index in [1.807, 2.05) is 14.1 Å². The van der Waals surface area contributed by atoms with E-state index in [0.29, 0.717) is 52.4 Å². The molecule has 1 aliphatic rings. The van der Waals surface area contributed by atoms with Gasteiger partial charge in [0.25, 0.3) is 5.91 Å². The van der Waals surface area contributed by atoms with Crippen molar-refractivity contribution in [3.05, 3.63) is 35.4 Å². The van der Waals surface area contributed by atoms with Crippen molar-refractivity contribution in [2.45, 2.75) is 25.4 Å². The molecular formula is C22H27FN6O3S. The van der Waals surface area contributed by atoms with E-state index in [1.165, 1.54) is 29.8 Å². The molecule has 9 nitrogen and oxygen atoms in total. The van der Waals surface area contributed by atoms with Crippen molar-refractivity contribution in [1.29, 1.82) is 0 Å². The molecule has 1 saturated heterocycles. The zero-order chi connectivity index (χ0) is 23.2. The number of hydrogen-bond acceptors (Lipinski definition) is 9. The summed E-state index contributed by atoms with van der Waals surface area (Å²) in [6, 6.07) is 4.27. The number of amides is 1. The van der Waals surface area contributed by atoms with E-state index in [4.69, 9.17) is 9.47 Å². The van der Waals surface area contributed by atoms with Crippen LogP contribution in [0.4, 0.5) is 15.9 Å². The number of anilines is 2. The molecule has 0 spiro atoms. The Hall–Kier alpha value is -2.89. The number of nitrogens with zero attached hydrogens (tertiary/aromatic N) is 4. The maximum atomic E-state index is 13.9. The number of hydrogen-bond donors (Lipinski definition) is 2. The first-order valence-electron chi connectivity index (χ1n) is 10.8. The topological polar surface area (TPSA) is 102 Å². The van der Waals surface area contributed by atoms with E-state index in [0.717, 1.165) is 25.8 Å². The fraction of sp³-hybridized carbons (Fsp3) is 0.455. The second-order valence-electron chi connectivity index (χ2n) is 8.03. The van der Waals surface area contributed by atoms with Crippen LogP contribution >= 0.6 is 11.3 Å². The predicted octanol–water partition coefficient (Wildman–Crippen LogP) is 3.21. The van der Waals surface area contributed by atoms with E-state index >= 15 is 0 Å². The summed E-state index contributed by atoms with van der Waals surface area (Å²) < 4.78 is 25.4. The van der Waals surface area contributed by atoms with Crippen molar-refractivity contribution in [3.63, 3.8) is 0 Å². The van der Waals surface area contributed by atoms with Crippen LogP contribution < -0.4 is 15.4 Å². The molecule has 0 aliphatic carbocycles. The maximum Gasteiger partial charge on any atom is 0.280 e. The molecule has 0 unspecified atom stereocenters. The third-order valence-corrected chi connectivity index (χ3v) is 6.03. The van der Waals surface area contributed by atoms with Gasteiger partial charge in [0.1, 0.15) is 34.3 Å². The number of carbonyl (C=O) groups excluding carboxylic acids is 1. The van der Waals surface area contributed by atoms with E-state index in [2.05, 4.69) is 30.5 Å². The highest BCUT2D eigenvalue weighted by Crippen LogP contribution is 2.33. The van der Waals surface area contributed by atoms with E-state index in [-0.39, 0.29) is 12.0 Å². The molecule has 1 amide bonds. The number of halogens is 1. The molecule has 3 aromatic rings. The Labute approximate surface area is 195 Å². The van der Waals surface area contributed by atoms with Crippen LogP contribution in [0, 0.1) is 5.82 Å². The van der Waals surface area contributed by atoms with Crippen LogP contribution in [0.5, 0.6) is 5.75 Å². The highest BCUT2D eigenvalue weighted by Gasteiger charge is 2.20. The molecule has 0 bridgehead atoms. The Kier molecular flexibility index (Phi) is 7.63. The van der Waals surface area contributed by atoms with Gasteiger partial charge in [0, 0.05) is 19.2 Å². The van der Waals surface area contributed by atoms with Crippen LogP contribution in [0.3, 0.4) is 0 Å². The van der Waals surface area contributed by atoms with Crippen LogP contribution in [0.25, 0.3) is 10.3 Å². The van der Waals surface area contributed by atoms with Crippen molar-refractivity contribution in [1.82, 2.24) is 25.2 Å². The first kappa shape index (κ1) is 23.3.